The van der Waals surface area contributed by atoms with Crippen molar-refractivity contribution in [2.24, 2.45) is 7.05 Å². The van der Waals surface area contributed by atoms with Gasteiger partial charge in [-0.25, -0.2) is 0 Å². The molecule has 2 heterocycles. The first kappa shape index (κ1) is 12.9. The molecule has 0 atom stereocenters. The molecule has 0 saturated carbocycles. The van der Waals surface area contributed by atoms with Gasteiger partial charge >= 0.3 is 0 Å². The zero-order valence-electron chi connectivity index (χ0n) is 10.5. The summed E-state index contributed by atoms with van der Waals surface area (Å²) in [6.45, 7) is 4.76. The van der Waals surface area contributed by atoms with Crippen LogP contribution in [0.4, 0.5) is 0 Å². The fraction of sp³-hybridized carbons (Fsp3) is 0.750. The van der Waals surface area contributed by atoms with Crippen LogP contribution in [0.25, 0.3) is 0 Å². The van der Waals surface area contributed by atoms with Crippen molar-refractivity contribution in [2.45, 2.75) is 38.8 Å². The molecule has 5 heteroatoms. The number of hydrogen-bond acceptors (Lipinski definition) is 3. The third-order valence-corrected chi connectivity index (χ3v) is 3.87. The van der Waals surface area contributed by atoms with Crippen LogP contribution >= 0.6 is 11.6 Å². The molecule has 0 spiro atoms. The second kappa shape index (κ2) is 5.38. The average Bonchev–Trinajstić information content (AvgIpc) is 2.59. The highest BCUT2D eigenvalue weighted by atomic mass is 35.5. The summed E-state index contributed by atoms with van der Waals surface area (Å²) in [5.74, 6) is 0. The third kappa shape index (κ3) is 2.81. The zero-order valence-corrected chi connectivity index (χ0v) is 11.2. The summed E-state index contributed by atoms with van der Waals surface area (Å²) in [5.41, 5.74) is 2.06. The van der Waals surface area contributed by atoms with Gasteiger partial charge in [-0.05, 0) is 19.3 Å². The first-order chi connectivity index (χ1) is 8.11. The Labute approximate surface area is 107 Å². The number of rotatable bonds is 3. The molecule has 1 aromatic rings. The second-order valence-electron chi connectivity index (χ2n) is 4.69. The maximum atomic E-state index is 9.47. The number of nitrogens with zero attached hydrogens (tertiary/aromatic N) is 3. The number of aryl methyl sites for hydroxylation is 2. The monoisotopic (exact) mass is 257 g/mol. The van der Waals surface area contributed by atoms with Crippen molar-refractivity contribution in [3.8, 4) is 0 Å². The Balaban J connectivity index is 2.05. The lowest BCUT2D eigenvalue weighted by molar-refractivity contribution is 0.0781. The third-order valence-electron chi connectivity index (χ3n) is 3.43. The van der Waals surface area contributed by atoms with E-state index in [2.05, 4.69) is 16.9 Å². The van der Waals surface area contributed by atoms with Crippen LogP contribution in [0.3, 0.4) is 0 Å². The van der Waals surface area contributed by atoms with Gasteiger partial charge in [-0.1, -0.05) is 18.5 Å². The fourth-order valence-corrected chi connectivity index (χ4v) is 2.63. The van der Waals surface area contributed by atoms with Crippen molar-refractivity contribution >= 4 is 11.6 Å². The van der Waals surface area contributed by atoms with Crippen LogP contribution in [0, 0.1) is 0 Å². The molecule has 2 rings (SSSR count). The Hall–Kier alpha value is -0.580. The molecule has 1 aromatic heterocycles. The van der Waals surface area contributed by atoms with Crippen LogP contribution in [-0.4, -0.2) is 39.0 Å². The molecule has 0 aromatic carbocycles. The van der Waals surface area contributed by atoms with Crippen LogP contribution in [0.5, 0.6) is 0 Å². The lowest BCUT2D eigenvalue weighted by Crippen LogP contribution is -2.35. The number of aliphatic hydroxyl groups is 1. The first-order valence-corrected chi connectivity index (χ1v) is 6.60. The minimum Gasteiger partial charge on any atom is -0.393 e. The SMILES string of the molecule is CCc1nn(C)c(CN2CCC(O)CC2)c1Cl. The van der Waals surface area contributed by atoms with Gasteiger partial charge in [0.2, 0.25) is 0 Å². The Morgan fingerprint density at radius 1 is 1.41 bits per heavy atom. The Bertz CT molecular complexity index is 383. The number of likely N-dealkylation sites (tertiary alicyclic amines) is 1. The molecule has 1 N–H and O–H groups in total. The topological polar surface area (TPSA) is 41.3 Å². The standard InChI is InChI=1S/C12H20ClN3O/c1-3-10-12(13)11(15(2)14-10)8-16-6-4-9(17)5-7-16/h9,17H,3-8H2,1-2H3. The van der Waals surface area contributed by atoms with Crippen molar-refractivity contribution in [3.05, 3.63) is 16.4 Å². The molecule has 0 radical (unpaired) electrons. The molecule has 1 aliphatic rings. The minimum atomic E-state index is -0.125. The molecule has 0 amide bonds. The van der Waals surface area contributed by atoms with Crippen molar-refractivity contribution in [1.29, 1.82) is 0 Å². The summed E-state index contributed by atoms with van der Waals surface area (Å²) in [4.78, 5) is 2.33. The highest BCUT2D eigenvalue weighted by Gasteiger charge is 2.20. The summed E-state index contributed by atoms with van der Waals surface area (Å²) in [6.07, 6.45) is 2.46. The van der Waals surface area contributed by atoms with E-state index in [4.69, 9.17) is 11.6 Å². The summed E-state index contributed by atoms with van der Waals surface area (Å²) < 4.78 is 1.88. The van der Waals surface area contributed by atoms with Gasteiger partial charge in [-0.3, -0.25) is 9.58 Å². The number of halogens is 1. The highest BCUT2D eigenvalue weighted by Crippen LogP contribution is 2.23. The van der Waals surface area contributed by atoms with Crippen molar-refractivity contribution in [3.63, 3.8) is 0 Å². The Morgan fingerprint density at radius 2 is 2.06 bits per heavy atom. The molecule has 1 fully saturated rings. The zero-order chi connectivity index (χ0) is 12.4. The number of hydrogen-bond donors (Lipinski definition) is 1. The van der Waals surface area contributed by atoms with Crippen molar-refractivity contribution in [1.82, 2.24) is 14.7 Å². The summed E-state index contributed by atoms with van der Waals surface area (Å²) in [5, 5.41) is 14.7. The smallest absolute Gasteiger partial charge is 0.0863 e. The molecule has 0 bridgehead atoms. The molecule has 1 saturated heterocycles. The van der Waals surface area contributed by atoms with E-state index in [9.17, 15) is 5.11 Å². The quantitative estimate of drug-likeness (QED) is 0.894. The van der Waals surface area contributed by atoms with Gasteiger partial charge in [0.1, 0.15) is 0 Å². The van der Waals surface area contributed by atoms with Gasteiger partial charge in [-0.15, -0.1) is 0 Å². The van der Waals surface area contributed by atoms with E-state index in [0.29, 0.717) is 0 Å². The van der Waals surface area contributed by atoms with Gasteiger partial charge in [-0.2, -0.15) is 5.10 Å². The Morgan fingerprint density at radius 3 is 2.59 bits per heavy atom. The molecule has 4 nitrogen and oxygen atoms in total. The largest absolute Gasteiger partial charge is 0.393 e. The number of aromatic nitrogens is 2. The van der Waals surface area contributed by atoms with Crippen LogP contribution in [-0.2, 0) is 20.0 Å². The van der Waals surface area contributed by atoms with Crippen molar-refractivity contribution in [2.75, 3.05) is 13.1 Å². The van der Waals surface area contributed by atoms with E-state index >= 15 is 0 Å². The van der Waals surface area contributed by atoms with E-state index in [1.165, 1.54) is 0 Å². The van der Waals surface area contributed by atoms with Gasteiger partial charge in [0.25, 0.3) is 0 Å². The molecule has 1 aliphatic heterocycles. The minimum absolute atomic E-state index is 0.125. The predicted molar refractivity (Wildman–Crippen MR) is 68.1 cm³/mol. The molecule has 0 aliphatic carbocycles. The predicted octanol–water partition coefficient (Wildman–Crippen LogP) is 1.59. The molecular weight excluding hydrogens is 238 g/mol. The summed E-state index contributed by atoms with van der Waals surface area (Å²) in [6, 6.07) is 0. The van der Waals surface area contributed by atoms with Crippen molar-refractivity contribution < 1.29 is 5.11 Å². The maximum Gasteiger partial charge on any atom is 0.0863 e. The van der Waals surface area contributed by atoms with Crippen LogP contribution < -0.4 is 0 Å². The van der Waals surface area contributed by atoms with Crippen LogP contribution in [0.1, 0.15) is 31.2 Å². The average molecular weight is 258 g/mol. The molecule has 96 valence electrons. The van der Waals surface area contributed by atoms with E-state index in [1.807, 2.05) is 11.7 Å². The lowest BCUT2D eigenvalue weighted by atomic mass is 10.1. The molecular formula is C12H20ClN3O. The normalized spacial score (nSPS) is 18.8. The first-order valence-electron chi connectivity index (χ1n) is 6.22. The van der Waals surface area contributed by atoms with Gasteiger partial charge in [0.15, 0.2) is 0 Å². The molecule has 17 heavy (non-hydrogen) atoms. The van der Waals surface area contributed by atoms with Gasteiger partial charge in [0, 0.05) is 26.7 Å². The van der Waals surface area contributed by atoms with Gasteiger partial charge < -0.3 is 5.11 Å². The Kier molecular flexibility index (Phi) is 4.07. The van der Waals surface area contributed by atoms with Crippen LogP contribution in [0.15, 0.2) is 0 Å². The highest BCUT2D eigenvalue weighted by molar-refractivity contribution is 6.31. The fourth-order valence-electron chi connectivity index (χ4n) is 2.28. The second-order valence-corrected chi connectivity index (χ2v) is 5.07. The van der Waals surface area contributed by atoms with E-state index in [0.717, 1.165) is 55.3 Å². The van der Waals surface area contributed by atoms with E-state index in [1.54, 1.807) is 0 Å². The van der Waals surface area contributed by atoms with Gasteiger partial charge in [0.05, 0.1) is 22.5 Å². The maximum absolute atomic E-state index is 9.47. The van der Waals surface area contributed by atoms with E-state index in [-0.39, 0.29) is 6.10 Å². The number of aliphatic hydroxyl groups excluding tert-OH is 1. The molecule has 0 unspecified atom stereocenters. The van der Waals surface area contributed by atoms with Crippen LogP contribution in [0.2, 0.25) is 5.02 Å². The summed E-state index contributed by atoms with van der Waals surface area (Å²) >= 11 is 6.32. The van der Waals surface area contributed by atoms with E-state index < -0.39 is 0 Å². The number of piperidine rings is 1. The lowest BCUT2D eigenvalue weighted by Gasteiger charge is -2.29. The summed E-state index contributed by atoms with van der Waals surface area (Å²) in [7, 11) is 1.94.